The summed E-state index contributed by atoms with van der Waals surface area (Å²) in [6, 6.07) is 6.51. The fraction of sp³-hybridized carbons (Fsp3) is 0.462. The van der Waals surface area contributed by atoms with Crippen LogP contribution in [0.4, 0.5) is 0 Å². The molecule has 2 nitrogen and oxygen atoms in total. The van der Waals surface area contributed by atoms with Crippen molar-refractivity contribution in [2.45, 2.75) is 73.0 Å². The minimum Gasteiger partial charge on any atom is -0.387 e. The van der Waals surface area contributed by atoms with Crippen LogP contribution in [0.1, 0.15) is 77.5 Å². The van der Waals surface area contributed by atoms with Crippen LogP contribution in [0.3, 0.4) is 0 Å². The van der Waals surface area contributed by atoms with Crippen molar-refractivity contribution in [3.05, 3.63) is 58.7 Å². The lowest BCUT2D eigenvalue weighted by atomic mass is 9.73. The maximum atomic E-state index is 9.42. The van der Waals surface area contributed by atoms with Crippen LogP contribution in [0.5, 0.6) is 0 Å². The quantitative estimate of drug-likeness (QED) is 0.599. The number of hydrogen-bond acceptors (Lipinski definition) is 2. The first-order chi connectivity index (χ1) is 13.3. The molecule has 0 aromatic heterocycles. The minimum absolute atomic E-state index is 0.123. The molecule has 0 bridgehead atoms. The third-order valence-electron chi connectivity index (χ3n) is 4.71. The van der Waals surface area contributed by atoms with Gasteiger partial charge in [0.05, 0.1) is 6.10 Å². The van der Waals surface area contributed by atoms with Crippen molar-refractivity contribution in [2.24, 2.45) is 11.7 Å². The van der Waals surface area contributed by atoms with E-state index in [1.165, 1.54) is 16.7 Å². The number of aliphatic hydroxyl groups is 1. The second-order valence-corrected chi connectivity index (χ2v) is 7.21. The Kier molecular flexibility index (Phi) is 12.2. The monoisotopic (exact) mass is 381 g/mol. The SMILES string of the molecule is C#CC1=C(CC(C)N)C(C)C1O.C=Cc1cccc(C(C)C)c1/C=C\C.CC. The van der Waals surface area contributed by atoms with E-state index < -0.39 is 6.10 Å². The van der Waals surface area contributed by atoms with Crippen molar-refractivity contribution in [1.29, 1.82) is 0 Å². The van der Waals surface area contributed by atoms with Crippen LogP contribution in [-0.2, 0) is 0 Å². The molecule has 2 heteroatoms. The van der Waals surface area contributed by atoms with Gasteiger partial charge in [-0.1, -0.05) is 83.5 Å². The van der Waals surface area contributed by atoms with Crippen molar-refractivity contribution >= 4 is 12.2 Å². The highest BCUT2D eigenvalue weighted by molar-refractivity contribution is 5.67. The molecule has 1 aromatic rings. The highest BCUT2D eigenvalue weighted by Gasteiger charge is 2.34. The molecule has 154 valence electrons. The Morgan fingerprint density at radius 2 is 1.89 bits per heavy atom. The highest BCUT2D eigenvalue weighted by atomic mass is 16.3. The van der Waals surface area contributed by atoms with Crippen molar-refractivity contribution < 1.29 is 5.11 Å². The van der Waals surface area contributed by atoms with E-state index in [2.05, 4.69) is 56.7 Å². The fourth-order valence-electron chi connectivity index (χ4n) is 3.24. The molecule has 2 rings (SSSR count). The molecule has 3 atom stereocenters. The predicted molar refractivity (Wildman–Crippen MR) is 126 cm³/mol. The van der Waals surface area contributed by atoms with Gasteiger partial charge in [-0.2, -0.15) is 0 Å². The average molecular weight is 382 g/mol. The number of aliphatic hydroxyl groups excluding tert-OH is 1. The Balaban J connectivity index is 0.000000483. The zero-order valence-corrected chi connectivity index (χ0v) is 18.8. The molecule has 0 saturated heterocycles. The molecule has 3 unspecified atom stereocenters. The lowest BCUT2D eigenvalue weighted by molar-refractivity contribution is 0.140. The fourth-order valence-corrected chi connectivity index (χ4v) is 3.24. The predicted octanol–water partition coefficient (Wildman–Crippen LogP) is 6.18. The van der Waals surface area contributed by atoms with Crippen LogP contribution in [0.2, 0.25) is 0 Å². The number of terminal acetylenes is 1. The van der Waals surface area contributed by atoms with Crippen LogP contribution in [-0.4, -0.2) is 17.3 Å². The van der Waals surface area contributed by atoms with Crippen molar-refractivity contribution in [2.75, 3.05) is 0 Å². The topological polar surface area (TPSA) is 46.2 Å². The van der Waals surface area contributed by atoms with Gasteiger partial charge in [0, 0.05) is 17.5 Å². The van der Waals surface area contributed by atoms with Crippen LogP contribution in [0.25, 0.3) is 12.2 Å². The molecule has 3 N–H and O–H groups in total. The zero-order chi connectivity index (χ0) is 21.9. The summed E-state index contributed by atoms with van der Waals surface area (Å²) < 4.78 is 0. The third kappa shape index (κ3) is 6.82. The molecule has 1 aromatic carbocycles. The van der Waals surface area contributed by atoms with E-state index in [0.29, 0.717) is 5.92 Å². The first kappa shape index (κ1) is 25.9. The molecule has 0 aliphatic heterocycles. The van der Waals surface area contributed by atoms with Gasteiger partial charge in [0.2, 0.25) is 0 Å². The van der Waals surface area contributed by atoms with Gasteiger partial charge < -0.3 is 10.8 Å². The number of allylic oxidation sites excluding steroid dienone is 1. The smallest absolute Gasteiger partial charge is 0.0930 e. The average Bonchev–Trinajstić information content (AvgIpc) is 2.69. The molecular formula is C26H39NO. The van der Waals surface area contributed by atoms with Gasteiger partial charge in [0.15, 0.2) is 0 Å². The Hall–Kier alpha value is -2.08. The lowest BCUT2D eigenvalue weighted by Gasteiger charge is -2.35. The van der Waals surface area contributed by atoms with Crippen LogP contribution in [0, 0.1) is 18.3 Å². The van der Waals surface area contributed by atoms with E-state index in [-0.39, 0.29) is 12.0 Å². The van der Waals surface area contributed by atoms with E-state index in [1.54, 1.807) is 0 Å². The number of benzene rings is 1. The molecular weight excluding hydrogens is 342 g/mol. The van der Waals surface area contributed by atoms with E-state index in [0.717, 1.165) is 17.6 Å². The summed E-state index contributed by atoms with van der Waals surface area (Å²) in [6.07, 6.45) is 11.8. The Morgan fingerprint density at radius 1 is 1.29 bits per heavy atom. The van der Waals surface area contributed by atoms with Gasteiger partial charge >= 0.3 is 0 Å². The van der Waals surface area contributed by atoms with E-state index in [1.807, 2.05) is 40.7 Å². The summed E-state index contributed by atoms with van der Waals surface area (Å²) in [6.45, 7) is 18.2. The summed E-state index contributed by atoms with van der Waals surface area (Å²) in [5, 5.41) is 9.42. The normalized spacial score (nSPS) is 19.0. The van der Waals surface area contributed by atoms with E-state index >= 15 is 0 Å². The molecule has 0 fully saturated rings. The zero-order valence-electron chi connectivity index (χ0n) is 18.8. The lowest BCUT2D eigenvalue weighted by Crippen LogP contribution is -2.35. The van der Waals surface area contributed by atoms with Crippen molar-refractivity contribution in [3.63, 3.8) is 0 Å². The Bertz CT molecular complexity index is 716. The van der Waals surface area contributed by atoms with Crippen molar-refractivity contribution in [3.8, 4) is 12.3 Å². The van der Waals surface area contributed by atoms with Crippen LogP contribution < -0.4 is 5.73 Å². The van der Waals surface area contributed by atoms with Crippen LogP contribution in [0.15, 0.2) is 42.0 Å². The van der Waals surface area contributed by atoms with Gasteiger partial charge in [-0.15, -0.1) is 6.42 Å². The Morgan fingerprint density at radius 3 is 2.32 bits per heavy atom. The molecule has 0 heterocycles. The van der Waals surface area contributed by atoms with E-state index in [9.17, 15) is 5.11 Å². The highest BCUT2D eigenvalue weighted by Crippen LogP contribution is 2.36. The second-order valence-electron chi connectivity index (χ2n) is 7.21. The van der Waals surface area contributed by atoms with Crippen LogP contribution >= 0.6 is 0 Å². The third-order valence-corrected chi connectivity index (χ3v) is 4.71. The summed E-state index contributed by atoms with van der Waals surface area (Å²) in [7, 11) is 0. The minimum atomic E-state index is -0.427. The second kappa shape index (κ2) is 13.2. The van der Waals surface area contributed by atoms with Gasteiger partial charge in [0.1, 0.15) is 0 Å². The number of rotatable bonds is 5. The molecule has 0 saturated carbocycles. The summed E-state index contributed by atoms with van der Waals surface area (Å²) in [5.74, 6) is 3.26. The summed E-state index contributed by atoms with van der Waals surface area (Å²) >= 11 is 0. The van der Waals surface area contributed by atoms with Gasteiger partial charge in [-0.3, -0.25) is 0 Å². The largest absolute Gasteiger partial charge is 0.387 e. The van der Waals surface area contributed by atoms with Crippen molar-refractivity contribution in [1.82, 2.24) is 0 Å². The molecule has 28 heavy (non-hydrogen) atoms. The van der Waals surface area contributed by atoms with Gasteiger partial charge in [-0.25, -0.2) is 0 Å². The molecule has 0 amide bonds. The van der Waals surface area contributed by atoms with Gasteiger partial charge in [0.25, 0.3) is 0 Å². The first-order valence-corrected chi connectivity index (χ1v) is 10.3. The van der Waals surface area contributed by atoms with Gasteiger partial charge in [-0.05, 0) is 48.4 Å². The molecule has 1 aliphatic rings. The Labute approximate surface area is 173 Å². The van der Waals surface area contributed by atoms with E-state index in [4.69, 9.17) is 12.2 Å². The molecule has 0 spiro atoms. The number of hydrogen-bond donors (Lipinski definition) is 2. The first-order valence-electron chi connectivity index (χ1n) is 10.3. The molecule has 0 radical (unpaired) electrons. The maximum Gasteiger partial charge on any atom is 0.0930 e. The standard InChI is InChI=1S/C14H18.C10H15NO.C2H6/c1-5-8-14-12(6-2)9-7-10-13(14)11(3)4;1-4-8-9(5-6(2)11)7(3)10(8)12;1-2/h5-11H,2H2,1,3-4H3;1,6-7,10,12H,5,11H2,2-3H3;1-2H3/b8-5-;;. The summed E-state index contributed by atoms with van der Waals surface area (Å²) in [5.41, 5.74) is 11.5. The number of nitrogens with two attached hydrogens (primary N) is 1. The maximum absolute atomic E-state index is 9.42. The molecule has 1 aliphatic carbocycles. The summed E-state index contributed by atoms with van der Waals surface area (Å²) in [4.78, 5) is 0.